The molecule has 0 aromatic carbocycles. The average Bonchev–Trinajstić information content (AvgIpc) is 2.10. The van der Waals surface area contributed by atoms with E-state index in [2.05, 4.69) is 13.0 Å². The molecule has 1 rings (SSSR count). The molecule has 0 spiro atoms. The molecule has 0 aromatic rings. The summed E-state index contributed by atoms with van der Waals surface area (Å²) in [5.74, 6) is 0.507. The van der Waals surface area contributed by atoms with Crippen molar-refractivity contribution in [3.8, 4) is 6.07 Å². The summed E-state index contributed by atoms with van der Waals surface area (Å²) in [6.45, 7) is 6.01. The summed E-state index contributed by atoms with van der Waals surface area (Å²) < 4.78 is 0. The first-order valence-corrected chi connectivity index (χ1v) is 5.11. The Bertz CT molecular complexity index is 272. The van der Waals surface area contributed by atoms with Gasteiger partial charge in [-0.25, -0.2) is 0 Å². The summed E-state index contributed by atoms with van der Waals surface area (Å²) in [4.78, 5) is 13.6. The lowest BCUT2D eigenvalue weighted by Crippen LogP contribution is -2.50. The Labute approximate surface area is 85.7 Å². The van der Waals surface area contributed by atoms with E-state index in [0.717, 1.165) is 12.8 Å². The summed E-state index contributed by atoms with van der Waals surface area (Å²) >= 11 is 0. The Morgan fingerprint density at radius 1 is 1.57 bits per heavy atom. The van der Waals surface area contributed by atoms with Gasteiger partial charge >= 0.3 is 0 Å². The molecule has 0 atom stereocenters. The van der Waals surface area contributed by atoms with Gasteiger partial charge in [-0.1, -0.05) is 6.92 Å². The predicted octanol–water partition coefficient (Wildman–Crippen LogP) is 1.79. The van der Waals surface area contributed by atoms with E-state index in [9.17, 15) is 4.79 Å². The first-order valence-electron chi connectivity index (χ1n) is 5.11. The number of carbonyl (C=O) groups is 1. The molecular formula is C11H18N2O. The lowest BCUT2D eigenvalue weighted by molar-refractivity contribution is -0.145. The Morgan fingerprint density at radius 2 is 2.07 bits per heavy atom. The Kier molecular flexibility index (Phi) is 2.84. The van der Waals surface area contributed by atoms with Crippen molar-refractivity contribution in [3.05, 3.63) is 0 Å². The second-order valence-corrected chi connectivity index (χ2v) is 4.72. The van der Waals surface area contributed by atoms with Gasteiger partial charge in [0.1, 0.15) is 5.41 Å². The molecule has 0 unspecified atom stereocenters. The first-order chi connectivity index (χ1) is 6.43. The lowest BCUT2D eigenvalue weighted by Gasteiger charge is -2.42. The number of nitrogens with zero attached hydrogens (tertiary/aromatic N) is 2. The van der Waals surface area contributed by atoms with Crippen molar-refractivity contribution >= 4 is 5.91 Å². The van der Waals surface area contributed by atoms with Gasteiger partial charge in [-0.2, -0.15) is 5.26 Å². The molecule has 0 heterocycles. The van der Waals surface area contributed by atoms with Crippen LogP contribution in [0.5, 0.6) is 0 Å². The fourth-order valence-electron chi connectivity index (χ4n) is 2.02. The van der Waals surface area contributed by atoms with Gasteiger partial charge in [0.25, 0.3) is 0 Å². The highest BCUT2D eigenvalue weighted by atomic mass is 16.2. The molecule has 1 saturated carbocycles. The third kappa shape index (κ3) is 1.61. The molecule has 78 valence electrons. The SMILES string of the molecule is CC1CC(C#N)(C(=O)N(C)C(C)C)C1. The second kappa shape index (κ2) is 3.61. The highest BCUT2D eigenvalue weighted by molar-refractivity contribution is 5.86. The summed E-state index contributed by atoms with van der Waals surface area (Å²) in [6.07, 6.45) is 1.44. The highest BCUT2D eigenvalue weighted by Gasteiger charge is 2.50. The maximum atomic E-state index is 12.0. The van der Waals surface area contributed by atoms with Crippen molar-refractivity contribution in [2.24, 2.45) is 11.3 Å². The van der Waals surface area contributed by atoms with Crippen molar-refractivity contribution in [1.82, 2.24) is 4.90 Å². The Hall–Kier alpha value is -1.04. The van der Waals surface area contributed by atoms with Crippen molar-refractivity contribution in [1.29, 1.82) is 5.26 Å². The fourth-order valence-corrected chi connectivity index (χ4v) is 2.02. The number of rotatable bonds is 2. The molecule has 1 fully saturated rings. The number of amides is 1. The average molecular weight is 194 g/mol. The standard InChI is InChI=1S/C11H18N2O/c1-8(2)13(4)10(14)11(7-12)5-9(3)6-11/h8-9H,5-6H2,1-4H3. The molecule has 1 amide bonds. The first kappa shape index (κ1) is 11.0. The zero-order valence-corrected chi connectivity index (χ0v) is 9.37. The molecule has 0 aromatic heterocycles. The largest absolute Gasteiger partial charge is 0.342 e. The topological polar surface area (TPSA) is 44.1 Å². The van der Waals surface area contributed by atoms with Gasteiger partial charge in [0.15, 0.2) is 0 Å². The van der Waals surface area contributed by atoms with Crippen LogP contribution in [-0.2, 0) is 4.79 Å². The quantitative estimate of drug-likeness (QED) is 0.672. The maximum Gasteiger partial charge on any atom is 0.243 e. The van der Waals surface area contributed by atoms with Crippen molar-refractivity contribution in [3.63, 3.8) is 0 Å². The fraction of sp³-hybridized carbons (Fsp3) is 0.818. The van der Waals surface area contributed by atoms with Gasteiger partial charge in [-0.05, 0) is 32.6 Å². The van der Waals surface area contributed by atoms with Crippen molar-refractivity contribution < 1.29 is 4.79 Å². The highest BCUT2D eigenvalue weighted by Crippen LogP contribution is 2.46. The Morgan fingerprint density at radius 3 is 2.36 bits per heavy atom. The maximum absolute atomic E-state index is 12.0. The van der Waals surface area contributed by atoms with Gasteiger partial charge in [0.05, 0.1) is 6.07 Å². The van der Waals surface area contributed by atoms with Crippen LogP contribution in [0.3, 0.4) is 0 Å². The van der Waals surface area contributed by atoms with Gasteiger partial charge in [-0.3, -0.25) is 4.79 Å². The van der Waals surface area contributed by atoms with Crippen LogP contribution < -0.4 is 0 Å². The van der Waals surface area contributed by atoms with Crippen LogP contribution in [0.4, 0.5) is 0 Å². The number of nitriles is 1. The van der Waals surface area contributed by atoms with Crippen LogP contribution in [0, 0.1) is 22.7 Å². The molecule has 0 bridgehead atoms. The van der Waals surface area contributed by atoms with Crippen molar-refractivity contribution in [2.45, 2.75) is 39.7 Å². The van der Waals surface area contributed by atoms with E-state index in [-0.39, 0.29) is 11.9 Å². The molecule has 0 radical (unpaired) electrons. The minimum Gasteiger partial charge on any atom is -0.342 e. The smallest absolute Gasteiger partial charge is 0.243 e. The minimum absolute atomic E-state index is 0.00639. The van der Waals surface area contributed by atoms with Gasteiger partial charge < -0.3 is 4.90 Å². The molecule has 0 saturated heterocycles. The van der Waals surface area contributed by atoms with Crippen molar-refractivity contribution in [2.75, 3.05) is 7.05 Å². The van der Waals surface area contributed by atoms with E-state index in [1.807, 2.05) is 13.8 Å². The lowest BCUT2D eigenvalue weighted by atomic mass is 9.62. The minimum atomic E-state index is -0.710. The predicted molar refractivity (Wildman–Crippen MR) is 54.4 cm³/mol. The number of hydrogen-bond acceptors (Lipinski definition) is 2. The second-order valence-electron chi connectivity index (χ2n) is 4.72. The third-order valence-corrected chi connectivity index (χ3v) is 3.11. The van der Waals surface area contributed by atoms with E-state index < -0.39 is 5.41 Å². The number of carbonyl (C=O) groups excluding carboxylic acids is 1. The van der Waals surface area contributed by atoms with Gasteiger partial charge in [-0.15, -0.1) is 0 Å². The van der Waals surface area contributed by atoms with E-state index >= 15 is 0 Å². The van der Waals surface area contributed by atoms with Crippen LogP contribution in [-0.4, -0.2) is 23.9 Å². The summed E-state index contributed by atoms with van der Waals surface area (Å²) in [6, 6.07) is 2.36. The summed E-state index contributed by atoms with van der Waals surface area (Å²) in [7, 11) is 1.77. The van der Waals surface area contributed by atoms with E-state index in [4.69, 9.17) is 5.26 Å². The summed E-state index contributed by atoms with van der Waals surface area (Å²) in [5, 5.41) is 9.06. The molecule has 1 aliphatic rings. The molecule has 0 N–H and O–H groups in total. The molecule has 14 heavy (non-hydrogen) atoms. The molecule has 1 aliphatic carbocycles. The monoisotopic (exact) mass is 194 g/mol. The zero-order valence-electron chi connectivity index (χ0n) is 9.37. The van der Waals surface area contributed by atoms with Crippen LogP contribution >= 0.6 is 0 Å². The number of hydrogen-bond donors (Lipinski definition) is 0. The third-order valence-electron chi connectivity index (χ3n) is 3.11. The van der Waals surface area contributed by atoms with E-state index in [1.54, 1.807) is 11.9 Å². The van der Waals surface area contributed by atoms with Crippen LogP contribution in [0.1, 0.15) is 33.6 Å². The van der Waals surface area contributed by atoms with Gasteiger partial charge in [0, 0.05) is 13.1 Å². The molecule has 3 nitrogen and oxygen atoms in total. The van der Waals surface area contributed by atoms with Crippen LogP contribution in [0.25, 0.3) is 0 Å². The molecular weight excluding hydrogens is 176 g/mol. The molecule has 0 aliphatic heterocycles. The van der Waals surface area contributed by atoms with Gasteiger partial charge in [0.2, 0.25) is 5.91 Å². The van der Waals surface area contributed by atoms with Crippen LogP contribution in [0.15, 0.2) is 0 Å². The Balaban J connectivity index is 2.74. The molecule has 3 heteroatoms. The van der Waals surface area contributed by atoms with Crippen LogP contribution in [0.2, 0.25) is 0 Å². The van der Waals surface area contributed by atoms with E-state index in [0.29, 0.717) is 5.92 Å². The zero-order chi connectivity index (χ0) is 10.9. The van der Waals surface area contributed by atoms with E-state index in [1.165, 1.54) is 0 Å². The normalized spacial score (nSPS) is 30.7. The summed E-state index contributed by atoms with van der Waals surface area (Å²) in [5.41, 5.74) is -0.710.